The third kappa shape index (κ3) is 3.72. The third-order valence-electron chi connectivity index (χ3n) is 5.10. The zero-order chi connectivity index (χ0) is 20.3. The number of ether oxygens (including phenoxy) is 2. The molecule has 1 aromatic rings. The van der Waals surface area contributed by atoms with Crippen LogP contribution < -0.4 is 5.32 Å². The Bertz CT molecular complexity index is 863. The molecule has 1 heterocycles. The van der Waals surface area contributed by atoms with Crippen molar-refractivity contribution in [1.82, 2.24) is 5.32 Å². The molecule has 1 atom stereocenters. The maximum atomic E-state index is 12.8. The normalized spacial score (nSPS) is 19.1. The number of Topliss-reactive ketones (excluding diaryl/α,β-unsaturated/α-hetero) is 1. The summed E-state index contributed by atoms with van der Waals surface area (Å²) in [4.78, 5) is 37.3. The van der Waals surface area contributed by atoms with Crippen LogP contribution in [0.15, 0.2) is 46.8 Å². The van der Waals surface area contributed by atoms with Crippen molar-refractivity contribution in [1.29, 1.82) is 0 Å². The van der Waals surface area contributed by atoms with Crippen LogP contribution in [0.4, 0.5) is 0 Å². The molecule has 1 aliphatic heterocycles. The molecule has 3 rings (SSSR count). The van der Waals surface area contributed by atoms with Crippen molar-refractivity contribution in [2.75, 3.05) is 13.7 Å². The maximum Gasteiger partial charge on any atom is 0.337 e. The molecule has 0 saturated carbocycles. The highest BCUT2D eigenvalue weighted by Gasteiger charge is 2.39. The fourth-order valence-electron chi connectivity index (χ4n) is 3.79. The van der Waals surface area contributed by atoms with Gasteiger partial charge in [-0.05, 0) is 43.9 Å². The summed E-state index contributed by atoms with van der Waals surface area (Å²) in [5, 5.41) is 3.26. The van der Waals surface area contributed by atoms with Crippen LogP contribution in [0.25, 0.3) is 0 Å². The second-order valence-electron chi connectivity index (χ2n) is 7.02. The summed E-state index contributed by atoms with van der Waals surface area (Å²) in [6.07, 6.45) is 2.75. The summed E-state index contributed by atoms with van der Waals surface area (Å²) in [6.45, 7) is 4.09. The van der Waals surface area contributed by atoms with E-state index in [1.807, 2.05) is 13.8 Å². The highest BCUT2D eigenvalue weighted by molar-refractivity contribution is 6.03. The van der Waals surface area contributed by atoms with Crippen molar-refractivity contribution in [3.05, 3.63) is 57.9 Å². The van der Waals surface area contributed by atoms with Crippen LogP contribution in [-0.2, 0) is 19.1 Å². The third-order valence-corrected chi connectivity index (χ3v) is 5.10. The molecular weight excluding hydrogens is 358 g/mol. The van der Waals surface area contributed by atoms with E-state index in [0.717, 1.165) is 30.5 Å². The molecule has 1 N–H and O–H groups in total. The van der Waals surface area contributed by atoms with Gasteiger partial charge in [-0.3, -0.25) is 4.79 Å². The van der Waals surface area contributed by atoms with Crippen LogP contribution in [0, 0.1) is 0 Å². The first-order valence-corrected chi connectivity index (χ1v) is 9.57. The van der Waals surface area contributed by atoms with Gasteiger partial charge in [-0.25, -0.2) is 9.59 Å². The lowest BCUT2D eigenvalue weighted by Gasteiger charge is -2.34. The van der Waals surface area contributed by atoms with Gasteiger partial charge in [0.1, 0.15) is 0 Å². The van der Waals surface area contributed by atoms with Crippen LogP contribution in [0.1, 0.15) is 61.4 Å². The highest BCUT2D eigenvalue weighted by atomic mass is 16.5. The van der Waals surface area contributed by atoms with Gasteiger partial charge in [0.2, 0.25) is 0 Å². The van der Waals surface area contributed by atoms with Crippen LogP contribution in [-0.4, -0.2) is 31.4 Å². The van der Waals surface area contributed by atoms with Crippen molar-refractivity contribution in [2.45, 2.75) is 45.4 Å². The van der Waals surface area contributed by atoms with Crippen molar-refractivity contribution in [3.8, 4) is 0 Å². The molecule has 0 radical (unpaired) electrons. The molecule has 0 fully saturated rings. The quantitative estimate of drug-likeness (QED) is 0.785. The SMILES string of the molecule is CCCOC(=O)C1=C(C)NC2=C(C(=O)CCC2)[C@H]1c1ccc(C(=O)OC)cc1. The molecule has 0 amide bonds. The van der Waals surface area contributed by atoms with E-state index in [1.54, 1.807) is 24.3 Å². The van der Waals surface area contributed by atoms with Crippen LogP contribution >= 0.6 is 0 Å². The van der Waals surface area contributed by atoms with E-state index in [2.05, 4.69) is 5.32 Å². The van der Waals surface area contributed by atoms with Crippen molar-refractivity contribution >= 4 is 17.7 Å². The lowest BCUT2D eigenvalue weighted by molar-refractivity contribution is -0.139. The number of ketones is 1. The van der Waals surface area contributed by atoms with Gasteiger partial charge >= 0.3 is 11.9 Å². The summed E-state index contributed by atoms with van der Waals surface area (Å²) >= 11 is 0. The van der Waals surface area contributed by atoms with Crippen molar-refractivity contribution < 1.29 is 23.9 Å². The van der Waals surface area contributed by atoms with E-state index in [4.69, 9.17) is 9.47 Å². The van der Waals surface area contributed by atoms with Crippen LogP contribution in [0.2, 0.25) is 0 Å². The predicted octanol–water partition coefficient (Wildman–Crippen LogP) is 3.39. The average Bonchev–Trinajstić information content (AvgIpc) is 2.70. The molecule has 6 heteroatoms. The van der Waals surface area contributed by atoms with Crippen LogP contribution in [0.5, 0.6) is 0 Å². The monoisotopic (exact) mass is 383 g/mol. The lowest BCUT2D eigenvalue weighted by Crippen LogP contribution is -2.34. The average molecular weight is 383 g/mol. The number of allylic oxidation sites excluding steroid dienone is 3. The topological polar surface area (TPSA) is 81.7 Å². The van der Waals surface area contributed by atoms with Gasteiger partial charge in [-0.1, -0.05) is 19.1 Å². The number of rotatable bonds is 5. The number of hydrogen-bond acceptors (Lipinski definition) is 6. The van der Waals surface area contributed by atoms with Gasteiger partial charge in [0.25, 0.3) is 0 Å². The largest absolute Gasteiger partial charge is 0.465 e. The minimum Gasteiger partial charge on any atom is -0.465 e. The number of carbonyl (C=O) groups is 3. The number of dihydropyridines is 1. The molecule has 0 unspecified atom stereocenters. The zero-order valence-corrected chi connectivity index (χ0v) is 16.5. The molecule has 0 bridgehead atoms. The molecule has 28 heavy (non-hydrogen) atoms. The Labute approximate surface area is 164 Å². The Balaban J connectivity index is 2.07. The fourth-order valence-corrected chi connectivity index (χ4v) is 3.79. The minimum atomic E-state index is -0.500. The molecule has 0 aromatic heterocycles. The van der Waals surface area contributed by atoms with Gasteiger partial charge in [0, 0.05) is 29.3 Å². The Kier molecular flexibility index (Phi) is 5.97. The molecule has 1 aromatic carbocycles. The molecular formula is C22H25NO5. The van der Waals surface area contributed by atoms with E-state index in [0.29, 0.717) is 35.4 Å². The van der Waals surface area contributed by atoms with Gasteiger partial charge in [0.05, 0.1) is 24.9 Å². The van der Waals surface area contributed by atoms with E-state index < -0.39 is 17.9 Å². The lowest BCUT2D eigenvalue weighted by atomic mass is 9.75. The van der Waals surface area contributed by atoms with E-state index in [-0.39, 0.29) is 5.78 Å². The molecule has 0 spiro atoms. The number of hydrogen-bond donors (Lipinski definition) is 1. The van der Waals surface area contributed by atoms with Gasteiger partial charge < -0.3 is 14.8 Å². The Hall–Kier alpha value is -2.89. The summed E-state index contributed by atoms with van der Waals surface area (Å²) in [5.41, 5.74) is 3.86. The fraction of sp³-hybridized carbons (Fsp3) is 0.409. The van der Waals surface area contributed by atoms with Crippen molar-refractivity contribution in [2.24, 2.45) is 0 Å². The number of methoxy groups -OCH3 is 1. The molecule has 6 nitrogen and oxygen atoms in total. The second kappa shape index (κ2) is 8.42. The summed E-state index contributed by atoms with van der Waals surface area (Å²) in [6, 6.07) is 6.85. The van der Waals surface area contributed by atoms with E-state index in [1.165, 1.54) is 7.11 Å². The molecule has 148 valence electrons. The molecule has 0 saturated heterocycles. The predicted molar refractivity (Wildman–Crippen MR) is 103 cm³/mol. The first kappa shape index (κ1) is 19.9. The second-order valence-corrected chi connectivity index (χ2v) is 7.02. The van der Waals surface area contributed by atoms with Gasteiger partial charge in [-0.2, -0.15) is 0 Å². The standard InChI is InChI=1S/C22H25NO5/c1-4-12-28-22(26)18-13(2)23-16-6-5-7-17(24)20(16)19(18)14-8-10-15(11-9-14)21(25)27-3/h8-11,19,23H,4-7,12H2,1-3H3/t19-/m0/s1. The summed E-state index contributed by atoms with van der Waals surface area (Å²) in [7, 11) is 1.33. The highest BCUT2D eigenvalue weighted by Crippen LogP contribution is 2.42. The van der Waals surface area contributed by atoms with E-state index >= 15 is 0 Å². The summed E-state index contributed by atoms with van der Waals surface area (Å²) < 4.78 is 10.2. The Morgan fingerprint density at radius 2 is 1.86 bits per heavy atom. The van der Waals surface area contributed by atoms with E-state index in [9.17, 15) is 14.4 Å². The summed E-state index contributed by atoms with van der Waals surface area (Å²) in [5.74, 6) is -1.30. The smallest absolute Gasteiger partial charge is 0.337 e. The van der Waals surface area contributed by atoms with Crippen molar-refractivity contribution in [3.63, 3.8) is 0 Å². The number of nitrogens with one attached hydrogen (secondary N) is 1. The van der Waals surface area contributed by atoms with Crippen LogP contribution in [0.3, 0.4) is 0 Å². The van der Waals surface area contributed by atoms with Gasteiger partial charge in [-0.15, -0.1) is 0 Å². The number of benzene rings is 1. The first-order valence-electron chi connectivity index (χ1n) is 9.57. The first-order chi connectivity index (χ1) is 13.5. The zero-order valence-electron chi connectivity index (χ0n) is 16.5. The minimum absolute atomic E-state index is 0.0454. The number of esters is 2. The molecule has 2 aliphatic rings. The van der Waals surface area contributed by atoms with Gasteiger partial charge in [0.15, 0.2) is 5.78 Å². The maximum absolute atomic E-state index is 12.8. The Morgan fingerprint density at radius 1 is 1.14 bits per heavy atom. The Morgan fingerprint density at radius 3 is 2.50 bits per heavy atom. The number of carbonyl (C=O) groups excluding carboxylic acids is 3. The molecule has 1 aliphatic carbocycles.